The van der Waals surface area contributed by atoms with Gasteiger partial charge in [0.2, 0.25) is 0 Å². The molecule has 1 aromatic rings. The molecule has 1 amide bonds. The summed E-state index contributed by atoms with van der Waals surface area (Å²) in [4.78, 5) is 24.5. The second-order valence-electron chi connectivity index (χ2n) is 11.8. The van der Waals surface area contributed by atoms with E-state index in [0.717, 1.165) is 55.4 Å². The van der Waals surface area contributed by atoms with Gasteiger partial charge in [0.25, 0.3) is 5.91 Å². The van der Waals surface area contributed by atoms with E-state index in [1.807, 2.05) is 0 Å². The Morgan fingerprint density at radius 1 is 1.06 bits per heavy atom. The highest BCUT2D eigenvalue weighted by Crippen LogP contribution is 2.60. The predicted molar refractivity (Wildman–Crippen MR) is 121 cm³/mol. The van der Waals surface area contributed by atoms with Gasteiger partial charge < -0.3 is 15.2 Å². The minimum Gasteiger partial charge on any atom is -0.493 e. The van der Waals surface area contributed by atoms with E-state index in [0.29, 0.717) is 18.3 Å². The molecule has 178 valence electrons. The highest BCUT2D eigenvalue weighted by atomic mass is 19.1. The van der Waals surface area contributed by atoms with E-state index in [1.54, 1.807) is 6.07 Å². The average molecular weight is 456 g/mol. The Hall–Kier alpha value is -2.11. The Bertz CT molecular complexity index is 932. The van der Waals surface area contributed by atoms with Gasteiger partial charge in [0, 0.05) is 11.5 Å². The normalized spacial score (nSPS) is 33.4. The molecule has 6 aliphatic rings. The zero-order valence-corrected chi connectivity index (χ0v) is 19.2. The average Bonchev–Trinajstić information content (AvgIpc) is 3.54. The summed E-state index contributed by atoms with van der Waals surface area (Å²) in [6.07, 6.45) is 12.4. The van der Waals surface area contributed by atoms with Gasteiger partial charge in [-0.2, -0.15) is 0 Å². The van der Waals surface area contributed by atoms with Crippen molar-refractivity contribution in [3.8, 4) is 5.75 Å². The van der Waals surface area contributed by atoms with Gasteiger partial charge in [0.05, 0.1) is 12.2 Å². The van der Waals surface area contributed by atoms with Crippen molar-refractivity contribution in [3.05, 3.63) is 29.1 Å². The lowest BCUT2D eigenvalue weighted by atomic mass is 9.50. The lowest BCUT2D eigenvalue weighted by Crippen LogP contribution is -2.48. The van der Waals surface area contributed by atoms with Crippen LogP contribution in [0.25, 0.3) is 0 Å². The van der Waals surface area contributed by atoms with E-state index in [4.69, 9.17) is 4.74 Å². The molecule has 0 unspecified atom stereocenters. The molecule has 5 nitrogen and oxygen atoms in total. The van der Waals surface area contributed by atoms with Gasteiger partial charge in [-0.05, 0) is 105 Å². The van der Waals surface area contributed by atoms with Gasteiger partial charge in [-0.25, -0.2) is 9.18 Å². The highest BCUT2D eigenvalue weighted by Gasteiger charge is 2.51. The van der Waals surface area contributed by atoms with Crippen LogP contribution in [0.2, 0.25) is 0 Å². The molecule has 6 aliphatic carbocycles. The number of carboxylic acids is 1. The summed E-state index contributed by atoms with van der Waals surface area (Å²) in [5.41, 5.74) is 1.07. The summed E-state index contributed by atoms with van der Waals surface area (Å²) >= 11 is 0. The van der Waals surface area contributed by atoms with E-state index < -0.39 is 23.7 Å². The fourth-order valence-electron chi connectivity index (χ4n) is 7.66. The predicted octanol–water partition coefficient (Wildman–Crippen LogP) is 5.28. The summed E-state index contributed by atoms with van der Waals surface area (Å²) in [6, 6.07) is 2.04. The van der Waals surface area contributed by atoms with E-state index in [-0.39, 0.29) is 16.9 Å². The van der Waals surface area contributed by atoms with Gasteiger partial charge in [-0.1, -0.05) is 6.42 Å². The first-order valence-corrected chi connectivity index (χ1v) is 12.9. The number of benzene rings is 1. The number of hydrogen-bond donors (Lipinski definition) is 2. The molecular formula is C27H34FNO4. The topological polar surface area (TPSA) is 75.6 Å². The van der Waals surface area contributed by atoms with Crippen LogP contribution in [0, 0.1) is 34.9 Å². The maximum atomic E-state index is 15.1. The Kier molecular flexibility index (Phi) is 5.19. The molecular weight excluding hydrogens is 421 g/mol. The van der Waals surface area contributed by atoms with Gasteiger partial charge >= 0.3 is 5.97 Å². The SMILES string of the molecule is O=C(N[C@H](C(=O)O)C1CCC1)c1cc(C2CC2)c(OCC23CC4CC(CC(C4)C2)C3)cc1F. The highest BCUT2D eigenvalue weighted by molar-refractivity contribution is 5.97. The molecule has 4 bridgehead atoms. The van der Waals surface area contributed by atoms with Crippen molar-refractivity contribution in [1.29, 1.82) is 0 Å². The fourth-order valence-corrected chi connectivity index (χ4v) is 7.66. The minimum atomic E-state index is -1.05. The van der Waals surface area contributed by atoms with Crippen LogP contribution in [0.15, 0.2) is 12.1 Å². The minimum absolute atomic E-state index is 0.0652. The molecule has 2 N–H and O–H groups in total. The van der Waals surface area contributed by atoms with Gasteiger partial charge in [0.1, 0.15) is 17.6 Å². The van der Waals surface area contributed by atoms with Crippen molar-refractivity contribution in [2.24, 2.45) is 29.1 Å². The van der Waals surface area contributed by atoms with E-state index in [9.17, 15) is 14.7 Å². The molecule has 0 radical (unpaired) electrons. The first kappa shape index (κ1) is 21.4. The molecule has 1 atom stereocenters. The van der Waals surface area contributed by atoms with E-state index in [2.05, 4.69) is 5.32 Å². The monoisotopic (exact) mass is 455 g/mol. The molecule has 6 saturated carbocycles. The van der Waals surface area contributed by atoms with E-state index >= 15 is 4.39 Å². The van der Waals surface area contributed by atoms with Crippen molar-refractivity contribution in [2.75, 3.05) is 6.61 Å². The Labute approximate surface area is 194 Å². The second kappa shape index (κ2) is 7.99. The zero-order valence-electron chi connectivity index (χ0n) is 19.2. The molecule has 0 heterocycles. The largest absolute Gasteiger partial charge is 0.493 e. The van der Waals surface area contributed by atoms with Crippen LogP contribution >= 0.6 is 0 Å². The van der Waals surface area contributed by atoms with Gasteiger partial charge in [0.15, 0.2) is 0 Å². The Morgan fingerprint density at radius 2 is 1.70 bits per heavy atom. The lowest BCUT2D eigenvalue weighted by molar-refractivity contribution is -0.141. The number of halogens is 1. The summed E-state index contributed by atoms with van der Waals surface area (Å²) in [6.45, 7) is 0.643. The molecule has 0 spiro atoms. The number of ether oxygens (including phenoxy) is 1. The Balaban J connectivity index is 1.20. The third kappa shape index (κ3) is 4.04. The van der Waals surface area contributed by atoms with Crippen molar-refractivity contribution < 1.29 is 23.8 Å². The maximum absolute atomic E-state index is 15.1. The molecule has 0 aliphatic heterocycles. The Morgan fingerprint density at radius 3 is 2.21 bits per heavy atom. The number of aliphatic carboxylic acids is 1. The van der Waals surface area contributed by atoms with Crippen molar-refractivity contribution in [3.63, 3.8) is 0 Å². The van der Waals surface area contributed by atoms with Crippen LogP contribution in [0.1, 0.15) is 92.5 Å². The van der Waals surface area contributed by atoms with E-state index in [1.165, 1.54) is 44.6 Å². The van der Waals surface area contributed by atoms with Crippen LogP contribution in [-0.4, -0.2) is 29.6 Å². The smallest absolute Gasteiger partial charge is 0.326 e. The quantitative estimate of drug-likeness (QED) is 0.559. The first-order valence-electron chi connectivity index (χ1n) is 12.9. The molecule has 1 aromatic carbocycles. The van der Waals surface area contributed by atoms with Gasteiger partial charge in [-0.3, -0.25) is 4.79 Å². The molecule has 7 rings (SSSR count). The maximum Gasteiger partial charge on any atom is 0.326 e. The van der Waals surface area contributed by atoms with Crippen molar-refractivity contribution in [2.45, 2.75) is 82.6 Å². The lowest BCUT2D eigenvalue weighted by Gasteiger charge is -2.56. The van der Waals surface area contributed by atoms with Crippen LogP contribution in [0.3, 0.4) is 0 Å². The molecule has 6 heteroatoms. The molecule has 0 aromatic heterocycles. The number of amides is 1. The van der Waals surface area contributed by atoms with Crippen LogP contribution < -0.4 is 10.1 Å². The van der Waals surface area contributed by atoms with Crippen molar-refractivity contribution >= 4 is 11.9 Å². The number of carboxylic acid groups (broad SMARTS) is 1. The fraction of sp³-hybridized carbons (Fsp3) is 0.704. The summed E-state index contributed by atoms with van der Waals surface area (Å²) in [7, 11) is 0. The van der Waals surface area contributed by atoms with Crippen molar-refractivity contribution in [1.82, 2.24) is 5.32 Å². The number of carbonyl (C=O) groups excluding carboxylic acids is 1. The standard InChI is InChI=1S/C27H34FNO4/c28-22-10-23(33-14-27-11-15-6-16(12-27)8-17(7-15)13-27)20(18-4-5-18)9-21(22)25(30)29-24(26(31)32)19-2-1-3-19/h9-10,15-19,24H,1-8,11-14H2,(H,29,30)(H,31,32)/t15?,16?,17?,24-,27?/m0/s1. The zero-order chi connectivity index (χ0) is 22.7. The third-order valence-electron chi connectivity index (χ3n) is 9.23. The second-order valence-corrected chi connectivity index (χ2v) is 11.8. The van der Waals surface area contributed by atoms with Crippen LogP contribution in [-0.2, 0) is 4.79 Å². The number of rotatable bonds is 8. The number of hydrogen-bond acceptors (Lipinski definition) is 3. The summed E-state index contributed by atoms with van der Waals surface area (Å²) in [5, 5.41) is 12.1. The van der Waals surface area contributed by atoms with Crippen LogP contribution in [0.4, 0.5) is 4.39 Å². The molecule has 6 fully saturated rings. The first-order chi connectivity index (χ1) is 15.9. The van der Waals surface area contributed by atoms with Crippen LogP contribution in [0.5, 0.6) is 5.75 Å². The third-order valence-corrected chi connectivity index (χ3v) is 9.23. The summed E-state index contributed by atoms with van der Waals surface area (Å²) in [5.74, 6) is 1.000. The molecule has 33 heavy (non-hydrogen) atoms. The van der Waals surface area contributed by atoms with Gasteiger partial charge in [-0.15, -0.1) is 0 Å². The molecule has 0 saturated heterocycles. The summed E-state index contributed by atoms with van der Waals surface area (Å²) < 4.78 is 21.5. The number of nitrogens with one attached hydrogen (secondary N) is 1. The number of carbonyl (C=O) groups is 2.